The van der Waals surface area contributed by atoms with E-state index in [0.29, 0.717) is 11.7 Å². The van der Waals surface area contributed by atoms with Gasteiger partial charge in [-0.05, 0) is 31.6 Å². The van der Waals surface area contributed by atoms with E-state index in [0.717, 1.165) is 25.7 Å². The number of carbonyl (C=O) groups is 2. The highest BCUT2D eigenvalue weighted by molar-refractivity contribution is 5.96. The third-order valence-electron chi connectivity index (χ3n) is 4.46. The van der Waals surface area contributed by atoms with E-state index in [9.17, 15) is 9.59 Å². The zero-order chi connectivity index (χ0) is 9.92. The van der Waals surface area contributed by atoms with Crippen LogP contribution in [0.5, 0.6) is 0 Å². The summed E-state index contributed by atoms with van der Waals surface area (Å²) in [4.78, 5) is 23.6. The van der Waals surface area contributed by atoms with Gasteiger partial charge in [0, 0.05) is 11.8 Å². The Hall–Kier alpha value is -0.860. The van der Waals surface area contributed by atoms with Crippen LogP contribution in [0, 0.1) is 23.2 Å². The van der Waals surface area contributed by atoms with E-state index in [4.69, 9.17) is 4.74 Å². The smallest absolute Gasteiger partial charge is 0.312 e. The lowest BCUT2D eigenvalue weighted by Crippen LogP contribution is -2.34. The monoisotopic (exact) mass is 194 g/mol. The Labute approximate surface area is 82.8 Å². The fourth-order valence-electron chi connectivity index (χ4n) is 4.03. The average molecular weight is 194 g/mol. The minimum atomic E-state index is -0.403. The molecule has 0 aliphatic heterocycles. The number of carbonyl (C=O) groups excluding carboxylic acids is 2. The first-order valence-corrected chi connectivity index (χ1v) is 5.29. The molecule has 0 saturated heterocycles. The quantitative estimate of drug-likeness (QED) is 0.588. The highest BCUT2D eigenvalue weighted by Gasteiger charge is 2.66. The van der Waals surface area contributed by atoms with Crippen molar-refractivity contribution in [2.24, 2.45) is 23.2 Å². The Balaban J connectivity index is 2.03. The minimum Gasteiger partial charge on any atom is -0.469 e. The van der Waals surface area contributed by atoms with Crippen LogP contribution in [0.15, 0.2) is 0 Å². The van der Waals surface area contributed by atoms with E-state index in [1.165, 1.54) is 7.11 Å². The van der Waals surface area contributed by atoms with Crippen LogP contribution in [0.2, 0.25) is 0 Å². The Morgan fingerprint density at radius 3 is 2.93 bits per heavy atom. The number of rotatable bonds is 1. The molecule has 0 amide bonds. The highest BCUT2D eigenvalue weighted by Crippen LogP contribution is 2.64. The maximum atomic E-state index is 11.8. The van der Waals surface area contributed by atoms with Crippen molar-refractivity contribution < 1.29 is 14.3 Å². The molecule has 3 nitrogen and oxygen atoms in total. The largest absolute Gasteiger partial charge is 0.469 e. The number of hydrogen-bond donors (Lipinski definition) is 0. The van der Waals surface area contributed by atoms with Gasteiger partial charge in [0.1, 0.15) is 5.78 Å². The second kappa shape index (κ2) is 2.38. The fourth-order valence-corrected chi connectivity index (χ4v) is 4.03. The molecule has 0 aromatic carbocycles. The summed E-state index contributed by atoms with van der Waals surface area (Å²) in [6.45, 7) is 0. The van der Waals surface area contributed by atoms with E-state index in [2.05, 4.69) is 0 Å². The molecule has 4 atom stereocenters. The second-order valence-electron chi connectivity index (χ2n) is 5.05. The molecule has 4 unspecified atom stereocenters. The van der Waals surface area contributed by atoms with Crippen molar-refractivity contribution in [3.05, 3.63) is 0 Å². The third-order valence-corrected chi connectivity index (χ3v) is 4.46. The number of ether oxygens (including phenoxy) is 1. The summed E-state index contributed by atoms with van der Waals surface area (Å²) in [5.74, 6) is 0.977. The normalized spacial score (nSPS) is 48.6. The molecule has 4 bridgehead atoms. The van der Waals surface area contributed by atoms with E-state index < -0.39 is 5.41 Å². The molecule has 4 saturated carbocycles. The van der Waals surface area contributed by atoms with E-state index in [-0.39, 0.29) is 17.8 Å². The molecule has 0 N–H and O–H groups in total. The molecule has 0 heterocycles. The van der Waals surface area contributed by atoms with Gasteiger partial charge in [-0.2, -0.15) is 0 Å². The molecular formula is C11H14O3. The zero-order valence-electron chi connectivity index (χ0n) is 8.29. The van der Waals surface area contributed by atoms with E-state index in [1.54, 1.807) is 0 Å². The predicted molar refractivity (Wildman–Crippen MR) is 48.4 cm³/mol. The molecule has 4 rings (SSSR count). The van der Waals surface area contributed by atoms with Crippen LogP contribution in [0.25, 0.3) is 0 Å². The molecule has 4 aliphatic rings. The van der Waals surface area contributed by atoms with Gasteiger partial charge < -0.3 is 4.74 Å². The molecule has 0 aromatic heterocycles. The van der Waals surface area contributed by atoms with Gasteiger partial charge in [0.15, 0.2) is 0 Å². The summed E-state index contributed by atoms with van der Waals surface area (Å²) < 4.78 is 4.86. The van der Waals surface area contributed by atoms with Crippen molar-refractivity contribution in [2.75, 3.05) is 7.11 Å². The van der Waals surface area contributed by atoms with Crippen LogP contribution >= 0.6 is 0 Å². The molecule has 76 valence electrons. The first-order chi connectivity index (χ1) is 6.67. The van der Waals surface area contributed by atoms with Crippen LogP contribution in [0.3, 0.4) is 0 Å². The molecule has 4 fully saturated rings. The second-order valence-corrected chi connectivity index (χ2v) is 5.05. The molecule has 14 heavy (non-hydrogen) atoms. The van der Waals surface area contributed by atoms with Gasteiger partial charge in [-0.15, -0.1) is 0 Å². The number of hydrogen-bond acceptors (Lipinski definition) is 3. The zero-order valence-corrected chi connectivity index (χ0v) is 8.29. The minimum absolute atomic E-state index is 0.00120. The summed E-state index contributed by atoms with van der Waals surface area (Å²) in [6.07, 6.45) is 3.62. The Morgan fingerprint density at radius 1 is 1.43 bits per heavy atom. The predicted octanol–water partition coefficient (Wildman–Crippen LogP) is 1.16. The van der Waals surface area contributed by atoms with Crippen molar-refractivity contribution in [3.8, 4) is 0 Å². The van der Waals surface area contributed by atoms with Crippen molar-refractivity contribution in [3.63, 3.8) is 0 Å². The summed E-state index contributed by atoms with van der Waals surface area (Å²) >= 11 is 0. The lowest BCUT2D eigenvalue weighted by atomic mass is 9.75. The van der Waals surface area contributed by atoms with Crippen LogP contribution in [-0.4, -0.2) is 18.9 Å². The standard InChI is InChI=1S/C11H14O3/c1-14-10(13)11-4-6-2-7(5-11)9(12)8(11)3-6/h6-8H,2-5H2,1H3. The van der Waals surface area contributed by atoms with E-state index >= 15 is 0 Å². The summed E-state index contributed by atoms with van der Waals surface area (Å²) in [6, 6.07) is 0. The maximum Gasteiger partial charge on any atom is 0.312 e. The van der Waals surface area contributed by atoms with Crippen LogP contribution < -0.4 is 0 Å². The van der Waals surface area contributed by atoms with Gasteiger partial charge in [-0.25, -0.2) is 0 Å². The molecule has 0 spiro atoms. The molecule has 4 aliphatic carbocycles. The van der Waals surface area contributed by atoms with Gasteiger partial charge in [0.2, 0.25) is 0 Å². The first kappa shape index (κ1) is 8.45. The Morgan fingerprint density at radius 2 is 2.21 bits per heavy atom. The average Bonchev–Trinajstić information content (AvgIpc) is 2.56. The van der Waals surface area contributed by atoms with Crippen molar-refractivity contribution >= 4 is 11.8 Å². The van der Waals surface area contributed by atoms with Crippen LogP contribution in [0.1, 0.15) is 25.7 Å². The third kappa shape index (κ3) is 0.748. The van der Waals surface area contributed by atoms with Gasteiger partial charge >= 0.3 is 5.97 Å². The highest BCUT2D eigenvalue weighted by atomic mass is 16.5. The summed E-state index contributed by atoms with van der Waals surface area (Å²) in [5, 5.41) is 0. The summed E-state index contributed by atoms with van der Waals surface area (Å²) in [7, 11) is 1.43. The number of Topliss-reactive ketones (excluding diaryl/α,β-unsaturated/α-hetero) is 1. The summed E-state index contributed by atoms with van der Waals surface area (Å²) in [5.41, 5.74) is -0.403. The Bertz CT molecular complexity index is 322. The van der Waals surface area contributed by atoms with Gasteiger partial charge in [0.25, 0.3) is 0 Å². The molecule has 0 radical (unpaired) electrons. The topological polar surface area (TPSA) is 43.4 Å². The number of ketones is 1. The van der Waals surface area contributed by atoms with Crippen molar-refractivity contribution in [1.29, 1.82) is 0 Å². The maximum absolute atomic E-state index is 11.8. The molecular weight excluding hydrogens is 180 g/mol. The van der Waals surface area contributed by atoms with Crippen molar-refractivity contribution in [2.45, 2.75) is 25.7 Å². The number of esters is 1. The lowest BCUT2D eigenvalue weighted by molar-refractivity contribution is -0.155. The van der Waals surface area contributed by atoms with Gasteiger partial charge in [-0.1, -0.05) is 0 Å². The lowest BCUT2D eigenvalue weighted by Gasteiger charge is -2.28. The fraction of sp³-hybridized carbons (Fsp3) is 0.818. The van der Waals surface area contributed by atoms with E-state index in [1.807, 2.05) is 0 Å². The first-order valence-electron chi connectivity index (χ1n) is 5.29. The number of methoxy groups -OCH3 is 1. The molecule has 3 heteroatoms. The molecule has 0 aromatic rings. The van der Waals surface area contributed by atoms with Crippen LogP contribution in [-0.2, 0) is 14.3 Å². The van der Waals surface area contributed by atoms with Crippen LogP contribution in [0.4, 0.5) is 0 Å². The Kier molecular flexibility index (Phi) is 1.44. The SMILES string of the molecule is COC(=O)C12CC3CC(C1)C(=O)C2C3. The van der Waals surface area contributed by atoms with Crippen molar-refractivity contribution in [1.82, 2.24) is 0 Å². The van der Waals surface area contributed by atoms with Gasteiger partial charge in [0.05, 0.1) is 12.5 Å². The van der Waals surface area contributed by atoms with Gasteiger partial charge in [-0.3, -0.25) is 9.59 Å².